The van der Waals surface area contributed by atoms with Crippen LogP contribution in [0.15, 0.2) is 0 Å². The zero-order valence-corrected chi connectivity index (χ0v) is 4.33. The molecule has 0 fully saturated rings. The van der Waals surface area contributed by atoms with Crippen LogP contribution in [0.25, 0.3) is 0 Å². The Morgan fingerprint density at radius 1 is 1.67 bits per heavy atom. The van der Waals surface area contributed by atoms with Crippen molar-refractivity contribution in [2.45, 2.75) is 0 Å². The van der Waals surface area contributed by atoms with Crippen LogP contribution in [0, 0.1) is 0 Å². The first-order chi connectivity index (χ1) is 2.56. The second-order valence-electron chi connectivity index (χ2n) is 0.566. The van der Waals surface area contributed by atoms with E-state index in [1.165, 1.54) is 4.13 Å². The maximum Gasteiger partial charge on any atom is 0.342 e. The van der Waals surface area contributed by atoms with E-state index in [0.717, 1.165) is 0 Å². The second kappa shape index (κ2) is 1.78. The van der Waals surface area contributed by atoms with Crippen LogP contribution < -0.4 is 4.13 Å². The van der Waals surface area contributed by atoms with E-state index in [1.54, 1.807) is 0 Å². The smallest absolute Gasteiger partial charge is 0.273 e. The van der Waals surface area contributed by atoms with Gasteiger partial charge in [0.15, 0.2) is 0 Å². The van der Waals surface area contributed by atoms with E-state index in [-0.39, 0.29) is 0 Å². The molecule has 0 saturated heterocycles. The highest BCUT2D eigenvalue weighted by Crippen LogP contribution is 1.69. The highest BCUT2D eigenvalue weighted by atomic mass is 32.3. The molecule has 0 aliphatic rings. The summed E-state index contributed by atoms with van der Waals surface area (Å²) in [6.45, 7) is 0. The van der Waals surface area contributed by atoms with Crippen LogP contribution in [0.1, 0.15) is 0 Å². The average molecular weight is 129 g/mol. The summed E-state index contributed by atoms with van der Waals surface area (Å²) in [7, 11) is -4.05. The normalized spacial score (nSPS) is 11.7. The zero-order chi connectivity index (χ0) is 5.21. The molecule has 6 heavy (non-hydrogen) atoms. The van der Waals surface area contributed by atoms with Gasteiger partial charge in [-0.05, 0) is 0 Å². The van der Waals surface area contributed by atoms with Crippen LogP contribution in [-0.4, -0.2) is 13.0 Å². The van der Waals surface area contributed by atoms with Crippen LogP contribution in [0.2, 0.25) is 0 Å². The van der Waals surface area contributed by atoms with Gasteiger partial charge in [0.2, 0.25) is 0 Å². The van der Waals surface area contributed by atoms with Gasteiger partial charge in [-0.3, -0.25) is 4.55 Å². The first kappa shape index (κ1) is 6.22. The summed E-state index contributed by atoms with van der Waals surface area (Å²) < 4.78 is 27.7. The van der Waals surface area contributed by atoms with Crippen molar-refractivity contribution in [3.05, 3.63) is 0 Å². The molecule has 0 heterocycles. The molecule has 0 aliphatic carbocycles. The van der Waals surface area contributed by atoms with Crippen molar-refractivity contribution < 1.29 is 13.0 Å². The SMILES string of the molecule is O=S(=O)(O)NS. The van der Waals surface area contributed by atoms with Crippen molar-refractivity contribution >= 4 is 23.1 Å². The summed E-state index contributed by atoms with van der Waals surface area (Å²) in [5, 5.41) is 0. The van der Waals surface area contributed by atoms with Crippen LogP contribution in [-0.2, 0) is 10.3 Å². The minimum Gasteiger partial charge on any atom is -0.273 e. The fraction of sp³-hybridized carbons (Fsp3) is 0. The molecule has 0 unspecified atom stereocenters. The largest absolute Gasteiger partial charge is 0.342 e. The first-order valence-electron chi connectivity index (χ1n) is 0.944. The lowest BCUT2D eigenvalue weighted by molar-refractivity contribution is 0.481. The molecular formula is H3NO3S2. The number of thiol groups is 1. The van der Waals surface area contributed by atoms with Gasteiger partial charge < -0.3 is 0 Å². The van der Waals surface area contributed by atoms with Gasteiger partial charge in [-0.1, -0.05) is 12.8 Å². The third kappa shape index (κ3) is 4.22. The minimum absolute atomic E-state index is 1.33. The Labute approximate surface area is 41.0 Å². The summed E-state index contributed by atoms with van der Waals surface area (Å²) in [6.07, 6.45) is 0. The molecule has 0 amide bonds. The lowest BCUT2D eigenvalue weighted by atomic mass is 13.9. The third-order valence-electron chi connectivity index (χ3n) is 0.115. The van der Waals surface area contributed by atoms with Gasteiger partial charge in [0.05, 0.1) is 0 Å². The maximum absolute atomic E-state index is 9.37. The lowest BCUT2D eigenvalue weighted by Gasteiger charge is -1.82. The Morgan fingerprint density at radius 3 is 1.83 bits per heavy atom. The van der Waals surface area contributed by atoms with Crippen LogP contribution in [0.4, 0.5) is 0 Å². The van der Waals surface area contributed by atoms with Gasteiger partial charge in [0.1, 0.15) is 0 Å². The predicted octanol–water partition coefficient (Wildman–Crippen LogP) is -0.776. The van der Waals surface area contributed by atoms with E-state index in [9.17, 15) is 8.42 Å². The molecule has 0 aliphatic heterocycles. The Morgan fingerprint density at radius 2 is 1.83 bits per heavy atom. The van der Waals surface area contributed by atoms with Crippen molar-refractivity contribution in [1.29, 1.82) is 0 Å². The standard InChI is InChI=1S/H3NO3S2/c2-6(3,4)1-5/h1,5H,(H,2,3,4). The highest BCUT2D eigenvalue weighted by molar-refractivity contribution is 7.97. The predicted molar refractivity (Wildman–Crippen MR) is 23.7 cm³/mol. The molecule has 38 valence electrons. The zero-order valence-electron chi connectivity index (χ0n) is 2.62. The molecular weight excluding hydrogens is 126 g/mol. The van der Waals surface area contributed by atoms with Gasteiger partial charge in [-0.15, -0.1) is 4.13 Å². The quantitative estimate of drug-likeness (QED) is 0.321. The topological polar surface area (TPSA) is 66.4 Å². The number of rotatable bonds is 1. The van der Waals surface area contributed by atoms with Gasteiger partial charge in [-0.2, -0.15) is 8.42 Å². The first-order valence-corrected chi connectivity index (χ1v) is 2.83. The van der Waals surface area contributed by atoms with Crippen molar-refractivity contribution in [3.63, 3.8) is 0 Å². The van der Waals surface area contributed by atoms with E-state index < -0.39 is 10.3 Å². The molecule has 6 heteroatoms. The average Bonchev–Trinajstić information content (AvgIpc) is 1.35. The molecule has 0 aromatic rings. The van der Waals surface area contributed by atoms with Gasteiger partial charge in [0.25, 0.3) is 0 Å². The number of nitrogens with one attached hydrogen (secondary N) is 1. The summed E-state index contributed by atoms with van der Waals surface area (Å²) in [5.41, 5.74) is 0. The molecule has 0 bridgehead atoms. The Hall–Kier alpha value is 0.220. The Kier molecular flexibility index (Phi) is 1.85. The molecule has 0 saturated carbocycles. The number of hydrogen-bond acceptors (Lipinski definition) is 3. The summed E-state index contributed by atoms with van der Waals surface area (Å²) in [4.78, 5) is 0. The summed E-state index contributed by atoms with van der Waals surface area (Å²) >= 11 is 3.01. The Bertz CT molecular complexity index is 111. The Balaban J connectivity index is 3.85. The van der Waals surface area contributed by atoms with Crippen LogP contribution >= 0.6 is 12.8 Å². The van der Waals surface area contributed by atoms with Gasteiger partial charge in [0, 0.05) is 0 Å². The van der Waals surface area contributed by atoms with E-state index in [2.05, 4.69) is 12.8 Å². The molecule has 0 aromatic heterocycles. The van der Waals surface area contributed by atoms with E-state index in [1.807, 2.05) is 0 Å². The van der Waals surface area contributed by atoms with E-state index >= 15 is 0 Å². The second-order valence-corrected chi connectivity index (χ2v) is 2.25. The molecule has 0 aromatic carbocycles. The van der Waals surface area contributed by atoms with Crippen molar-refractivity contribution in [1.82, 2.24) is 4.13 Å². The molecule has 0 radical (unpaired) electrons. The highest BCUT2D eigenvalue weighted by Gasteiger charge is 1.92. The monoisotopic (exact) mass is 129 g/mol. The molecule has 0 rings (SSSR count). The van der Waals surface area contributed by atoms with Crippen LogP contribution in [0.3, 0.4) is 0 Å². The molecule has 4 nitrogen and oxygen atoms in total. The van der Waals surface area contributed by atoms with E-state index in [4.69, 9.17) is 4.55 Å². The van der Waals surface area contributed by atoms with Gasteiger partial charge >= 0.3 is 10.3 Å². The van der Waals surface area contributed by atoms with Crippen LogP contribution in [0.5, 0.6) is 0 Å². The summed E-state index contributed by atoms with van der Waals surface area (Å²) in [6, 6.07) is 0. The summed E-state index contributed by atoms with van der Waals surface area (Å²) in [5.74, 6) is 0. The van der Waals surface area contributed by atoms with Crippen molar-refractivity contribution in [2.24, 2.45) is 0 Å². The maximum atomic E-state index is 9.37. The number of hydrogen-bond donors (Lipinski definition) is 3. The van der Waals surface area contributed by atoms with Gasteiger partial charge in [-0.25, -0.2) is 0 Å². The van der Waals surface area contributed by atoms with Crippen molar-refractivity contribution in [3.8, 4) is 0 Å². The lowest BCUT2D eigenvalue weighted by Crippen LogP contribution is -2.10. The molecule has 0 atom stereocenters. The van der Waals surface area contributed by atoms with Crippen molar-refractivity contribution in [2.75, 3.05) is 0 Å². The third-order valence-corrected chi connectivity index (χ3v) is 1.04. The molecule has 0 spiro atoms. The fourth-order valence-corrected chi connectivity index (χ4v) is 0. The fourth-order valence-electron chi connectivity index (χ4n) is 0. The molecule has 2 N–H and O–H groups in total. The van der Waals surface area contributed by atoms with E-state index in [0.29, 0.717) is 0 Å². The minimum atomic E-state index is -4.05.